The lowest BCUT2D eigenvalue weighted by atomic mass is 9.98. The molecule has 3 nitrogen and oxygen atoms in total. The van der Waals surface area contributed by atoms with Gasteiger partial charge in [-0.2, -0.15) is 0 Å². The molecule has 2 heterocycles. The van der Waals surface area contributed by atoms with E-state index in [0.29, 0.717) is 0 Å². The Morgan fingerprint density at radius 1 is 0.409 bits per heavy atom. The van der Waals surface area contributed by atoms with Crippen LogP contribution in [-0.2, 0) is 0 Å². The normalized spacial score (nSPS) is 11.2. The van der Waals surface area contributed by atoms with Crippen molar-refractivity contribution in [3.8, 4) is 33.4 Å². The SMILES string of the molecule is c1ccc(-c2ccc(-c3ccccc3N(c3ccc(-c4ccccc4)cc3)c3cncc4oc5ccccc5c34)cc2)cc1. The van der Waals surface area contributed by atoms with E-state index in [9.17, 15) is 0 Å². The summed E-state index contributed by atoms with van der Waals surface area (Å²) in [4.78, 5) is 6.97. The number of hydrogen-bond donors (Lipinski definition) is 0. The quantitative estimate of drug-likeness (QED) is 0.201. The Morgan fingerprint density at radius 3 is 1.66 bits per heavy atom. The van der Waals surface area contributed by atoms with E-state index < -0.39 is 0 Å². The topological polar surface area (TPSA) is 29.3 Å². The Morgan fingerprint density at radius 2 is 0.955 bits per heavy atom. The van der Waals surface area contributed by atoms with Gasteiger partial charge in [-0.25, -0.2) is 0 Å². The number of furan rings is 1. The zero-order valence-electron chi connectivity index (χ0n) is 24.0. The highest BCUT2D eigenvalue weighted by Crippen LogP contribution is 2.45. The summed E-state index contributed by atoms with van der Waals surface area (Å²) in [5.41, 5.74) is 11.7. The fourth-order valence-electron chi connectivity index (χ4n) is 6.06. The maximum Gasteiger partial charge on any atom is 0.155 e. The summed E-state index contributed by atoms with van der Waals surface area (Å²) in [6, 6.07) is 55.4. The van der Waals surface area contributed by atoms with Crippen LogP contribution in [0, 0.1) is 0 Å². The van der Waals surface area contributed by atoms with Crippen molar-refractivity contribution in [1.29, 1.82) is 0 Å². The van der Waals surface area contributed by atoms with Crippen LogP contribution in [0.25, 0.3) is 55.3 Å². The Bertz CT molecular complexity index is 2200. The van der Waals surface area contributed by atoms with E-state index in [-0.39, 0.29) is 0 Å². The highest BCUT2D eigenvalue weighted by Gasteiger charge is 2.22. The lowest BCUT2D eigenvalue weighted by Crippen LogP contribution is -2.12. The third-order valence-electron chi connectivity index (χ3n) is 8.19. The van der Waals surface area contributed by atoms with Crippen molar-refractivity contribution < 1.29 is 4.42 Å². The molecule has 0 saturated carbocycles. The molecule has 2 aromatic heterocycles. The minimum atomic E-state index is 0.763. The van der Waals surface area contributed by atoms with E-state index in [0.717, 1.165) is 50.1 Å². The lowest BCUT2D eigenvalue weighted by molar-refractivity contribution is 0.667. The second kappa shape index (κ2) is 11.0. The highest BCUT2D eigenvalue weighted by atomic mass is 16.3. The summed E-state index contributed by atoms with van der Waals surface area (Å²) < 4.78 is 6.27. The first-order valence-electron chi connectivity index (χ1n) is 14.8. The molecule has 208 valence electrons. The van der Waals surface area contributed by atoms with Crippen molar-refractivity contribution in [3.63, 3.8) is 0 Å². The van der Waals surface area contributed by atoms with Crippen LogP contribution in [0.5, 0.6) is 0 Å². The first-order chi connectivity index (χ1) is 21.8. The molecule has 0 N–H and O–H groups in total. The molecular weight excluding hydrogens is 536 g/mol. The number of benzene rings is 6. The average Bonchev–Trinajstić information content (AvgIpc) is 3.49. The summed E-state index contributed by atoms with van der Waals surface area (Å²) in [6.45, 7) is 0. The molecule has 8 aromatic rings. The molecule has 0 spiro atoms. The molecule has 0 unspecified atom stereocenters. The minimum Gasteiger partial charge on any atom is -0.454 e. The van der Waals surface area contributed by atoms with Gasteiger partial charge in [-0.05, 0) is 52.1 Å². The van der Waals surface area contributed by atoms with Gasteiger partial charge in [0.2, 0.25) is 0 Å². The molecule has 44 heavy (non-hydrogen) atoms. The first kappa shape index (κ1) is 25.8. The Balaban J connectivity index is 1.32. The third kappa shape index (κ3) is 4.61. The zero-order chi connectivity index (χ0) is 29.3. The van der Waals surface area contributed by atoms with Gasteiger partial charge in [-0.3, -0.25) is 4.98 Å². The van der Waals surface area contributed by atoms with Gasteiger partial charge >= 0.3 is 0 Å². The van der Waals surface area contributed by atoms with Crippen LogP contribution >= 0.6 is 0 Å². The van der Waals surface area contributed by atoms with Gasteiger partial charge in [-0.1, -0.05) is 133 Å². The summed E-state index contributed by atoms with van der Waals surface area (Å²) >= 11 is 0. The molecule has 3 heteroatoms. The molecule has 0 amide bonds. The summed E-state index contributed by atoms with van der Waals surface area (Å²) in [5.74, 6) is 0. The lowest BCUT2D eigenvalue weighted by Gasteiger charge is -2.28. The highest BCUT2D eigenvalue weighted by molar-refractivity contribution is 6.13. The van der Waals surface area contributed by atoms with Gasteiger partial charge in [0.25, 0.3) is 0 Å². The van der Waals surface area contributed by atoms with Gasteiger partial charge in [0, 0.05) is 16.6 Å². The number of anilines is 3. The van der Waals surface area contributed by atoms with Crippen molar-refractivity contribution in [1.82, 2.24) is 4.98 Å². The fraction of sp³-hybridized carbons (Fsp3) is 0. The predicted octanol–water partition coefficient (Wildman–Crippen LogP) is 11.5. The van der Waals surface area contributed by atoms with Crippen molar-refractivity contribution in [2.75, 3.05) is 4.90 Å². The molecule has 0 saturated heterocycles. The molecule has 0 fully saturated rings. The van der Waals surface area contributed by atoms with Crippen LogP contribution in [0.1, 0.15) is 0 Å². The summed E-state index contributed by atoms with van der Waals surface area (Å²) in [7, 11) is 0. The van der Waals surface area contributed by atoms with Gasteiger partial charge in [0.05, 0.1) is 29.2 Å². The standard InChI is InChI=1S/C41H28N2O/c1-3-11-29(12-4-1)31-19-21-33(22-20-31)35-15-7-9-17-37(35)43(34-25-23-32(24-26-34)30-13-5-2-6-14-30)38-27-42-28-40-41(38)36-16-8-10-18-39(36)44-40/h1-28H. The third-order valence-corrected chi connectivity index (χ3v) is 8.19. The number of para-hydroxylation sites is 2. The van der Waals surface area contributed by atoms with E-state index in [1.165, 1.54) is 22.3 Å². The monoisotopic (exact) mass is 564 g/mol. The Hall–Kier alpha value is -5.93. The number of nitrogens with zero attached hydrogens (tertiary/aromatic N) is 2. The van der Waals surface area contributed by atoms with E-state index >= 15 is 0 Å². The number of rotatable bonds is 6. The molecule has 8 rings (SSSR count). The van der Waals surface area contributed by atoms with Crippen LogP contribution in [-0.4, -0.2) is 4.98 Å². The van der Waals surface area contributed by atoms with Crippen LogP contribution in [0.4, 0.5) is 17.1 Å². The Kier molecular flexibility index (Phi) is 6.47. The molecular formula is C41H28N2O. The van der Waals surface area contributed by atoms with E-state index in [4.69, 9.17) is 4.42 Å². The molecule has 6 aromatic carbocycles. The molecule has 0 aliphatic carbocycles. The molecule has 0 bridgehead atoms. The van der Waals surface area contributed by atoms with E-state index in [2.05, 4.69) is 143 Å². The van der Waals surface area contributed by atoms with E-state index in [1.807, 2.05) is 36.7 Å². The molecule has 0 atom stereocenters. The molecule has 0 aliphatic rings. The number of aromatic nitrogens is 1. The van der Waals surface area contributed by atoms with Gasteiger partial charge in [-0.15, -0.1) is 0 Å². The van der Waals surface area contributed by atoms with E-state index in [1.54, 1.807) is 0 Å². The second-order valence-corrected chi connectivity index (χ2v) is 10.8. The van der Waals surface area contributed by atoms with Gasteiger partial charge < -0.3 is 9.32 Å². The van der Waals surface area contributed by atoms with Crippen LogP contribution in [0.15, 0.2) is 175 Å². The smallest absolute Gasteiger partial charge is 0.155 e. The van der Waals surface area contributed by atoms with Crippen molar-refractivity contribution >= 4 is 39.0 Å². The van der Waals surface area contributed by atoms with Gasteiger partial charge in [0.1, 0.15) is 5.58 Å². The maximum atomic E-state index is 6.27. The van der Waals surface area contributed by atoms with Crippen LogP contribution in [0.2, 0.25) is 0 Å². The number of fused-ring (bicyclic) bond motifs is 3. The molecule has 0 radical (unpaired) electrons. The van der Waals surface area contributed by atoms with Crippen LogP contribution in [0.3, 0.4) is 0 Å². The summed E-state index contributed by atoms with van der Waals surface area (Å²) in [6.07, 6.45) is 3.76. The van der Waals surface area contributed by atoms with Crippen molar-refractivity contribution in [2.45, 2.75) is 0 Å². The Labute approximate surface area is 256 Å². The zero-order valence-corrected chi connectivity index (χ0v) is 24.0. The van der Waals surface area contributed by atoms with Crippen molar-refractivity contribution in [2.24, 2.45) is 0 Å². The van der Waals surface area contributed by atoms with Crippen LogP contribution < -0.4 is 4.90 Å². The maximum absolute atomic E-state index is 6.27. The minimum absolute atomic E-state index is 0.763. The number of pyridine rings is 1. The summed E-state index contributed by atoms with van der Waals surface area (Å²) in [5, 5.41) is 2.10. The fourth-order valence-corrected chi connectivity index (χ4v) is 6.06. The number of hydrogen-bond acceptors (Lipinski definition) is 3. The molecule has 0 aliphatic heterocycles. The largest absolute Gasteiger partial charge is 0.454 e. The average molecular weight is 565 g/mol. The van der Waals surface area contributed by atoms with Crippen molar-refractivity contribution in [3.05, 3.63) is 170 Å². The second-order valence-electron chi connectivity index (χ2n) is 10.8. The first-order valence-corrected chi connectivity index (χ1v) is 14.8. The predicted molar refractivity (Wildman–Crippen MR) is 183 cm³/mol. The van der Waals surface area contributed by atoms with Gasteiger partial charge in [0.15, 0.2) is 5.58 Å².